The Balaban J connectivity index is 2.23. The van der Waals surface area contributed by atoms with Crippen LogP contribution in [0.1, 0.15) is 26.7 Å². The van der Waals surface area contributed by atoms with Gasteiger partial charge in [-0.1, -0.05) is 6.92 Å². The number of hydrogen-bond donors (Lipinski definition) is 1. The van der Waals surface area contributed by atoms with Crippen molar-refractivity contribution >= 4 is 5.97 Å². The zero-order chi connectivity index (χ0) is 12.8. The zero-order valence-electron chi connectivity index (χ0n) is 11.5. The van der Waals surface area contributed by atoms with Crippen molar-refractivity contribution in [2.45, 2.75) is 32.7 Å². The molecule has 4 heteroatoms. The molecule has 0 aliphatic carbocycles. The molecule has 100 valence electrons. The molecule has 1 aliphatic rings. The lowest BCUT2D eigenvalue weighted by atomic mass is 9.96. The predicted octanol–water partition coefficient (Wildman–Crippen LogP) is 1.12. The Morgan fingerprint density at radius 1 is 1.41 bits per heavy atom. The number of esters is 1. The molecule has 0 aromatic rings. The Hall–Kier alpha value is -0.610. The van der Waals surface area contributed by atoms with Gasteiger partial charge in [0.15, 0.2) is 0 Å². The first-order chi connectivity index (χ1) is 8.04. The van der Waals surface area contributed by atoms with E-state index >= 15 is 0 Å². The lowest BCUT2D eigenvalue weighted by Crippen LogP contribution is -2.41. The van der Waals surface area contributed by atoms with Gasteiger partial charge in [-0.3, -0.25) is 4.79 Å². The van der Waals surface area contributed by atoms with Crippen LogP contribution in [0.4, 0.5) is 0 Å². The Bertz CT molecular complexity index is 238. The number of carbonyl (C=O) groups excluding carboxylic acids is 1. The summed E-state index contributed by atoms with van der Waals surface area (Å²) in [6.45, 7) is 7.35. The molecule has 1 aliphatic heterocycles. The van der Waals surface area contributed by atoms with Crippen LogP contribution in [0.2, 0.25) is 0 Å². The molecule has 17 heavy (non-hydrogen) atoms. The van der Waals surface area contributed by atoms with Crippen LogP contribution in [0.5, 0.6) is 0 Å². The van der Waals surface area contributed by atoms with Gasteiger partial charge in [0.2, 0.25) is 0 Å². The minimum Gasteiger partial charge on any atom is -0.469 e. The third-order valence-electron chi connectivity index (χ3n) is 3.89. The fraction of sp³-hybridized carbons (Fsp3) is 0.923. The van der Waals surface area contributed by atoms with Gasteiger partial charge >= 0.3 is 5.97 Å². The van der Waals surface area contributed by atoms with E-state index in [0.717, 1.165) is 12.5 Å². The van der Waals surface area contributed by atoms with Gasteiger partial charge in [-0.15, -0.1) is 0 Å². The van der Waals surface area contributed by atoms with Crippen LogP contribution in [-0.2, 0) is 9.53 Å². The monoisotopic (exact) mass is 242 g/mol. The van der Waals surface area contributed by atoms with Gasteiger partial charge in [-0.05, 0) is 52.4 Å². The number of nitrogens with one attached hydrogen (secondary N) is 1. The number of methoxy groups -OCH3 is 1. The van der Waals surface area contributed by atoms with Crippen LogP contribution in [-0.4, -0.2) is 50.7 Å². The first kappa shape index (κ1) is 14.5. The van der Waals surface area contributed by atoms with Gasteiger partial charge < -0.3 is 15.0 Å². The highest BCUT2D eigenvalue weighted by atomic mass is 16.5. The second-order valence-electron chi connectivity index (χ2n) is 5.26. The van der Waals surface area contributed by atoms with Gasteiger partial charge in [-0.25, -0.2) is 0 Å². The van der Waals surface area contributed by atoms with E-state index in [-0.39, 0.29) is 17.9 Å². The number of ether oxygens (including phenoxy) is 1. The average Bonchev–Trinajstić information content (AvgIpc) is 2.35. The van der Waals surface area contributed by atoms with Crippen LogP contribution in [0.15, 0.2) is 0 Å². The third-order valence-corrected chi connectivity index (χ3v) is 3.89. The number of nitrogens with zero attached hydrogens (tertiary/aromatic N) is 1. The highest BCUT2D eigenvalue weighted by Gasteiger charge is 2.22. The molecular formula is C13H26N2O2. The minimum atomic E-state index is -0.131. The molecule has 1 heterocycles. The predicted molar refractivity (Wildman–Crippen MR) is 68.9 cm³/mol. The second kappa shape index (κ2) is 6.97. The fourth-order valence-corrected chi connectivity index (χ4v) is 2.19. The van der Waals surface area contributed by atoms with Crippen molar-refractivity contribution in [1.29, 1.82) is 0 Å². The highest BCUT2D eigenvalue weighted by Crippen LogP contribution is 2.15. The number of likely N-dealkylation sites (tertiary alicyclic amines) is 1. The summed E-state index contributed by atoms with van der Waals surface area (Å²) in [5, 5.41) is 3.46. The molecule has 0 saturated carbocycles. The summed E-state index contributed by atoms with van der Waals surface area (Å²) >= 11 is 0. The van der Waals surface area contributed by atoms with E-state index in [2.05, 4.69) is 24.2 Å². The van der Waals surface area contributed by atoms with E-state index in [4.69, 9.17) is 4.74 Å². The quantitative estimate of drug-likeness (QED) is 0.734. The van der Waals surface area contributed by atoms with Crippen molar-refractivity contribution in [1.82, 2.24) is 10.2 Å². The Morgan fingerprint density at radius 3 is 2.53 bits per heavy atom. The van der Waals surface area contributed by atoms with Gasteiger partial charge in [0.05, 0.1) is 13.0 Å². The molecule has 2 atom stereocenters. The number of rotatable bonds is 5. The van der Waals surface area contributed by atoms with Crippen LogP contribution in [0.3, 0.4) is 0 Å². The van der Waals surface area contributed by atoms with E-state index < -0.39 is 0 Å². The summed E-state index contributed by atoms with van der Waals surface area (Å²) in [5.41, 5.74) is 0. The lowest BCUT2D eigenvalue weighted by molar-refractivity contribution is -0.145. The highest BCUT2D eigenvalue weighted by molar-refractivity contribution is 5.72. The normalized spacial score (nSPS) is 22.1. The van der Waals surface area contributed by atoms with Crippen molar-refractivity contribution in [2.75, 3.05) is 33.8 Å². The number of piperidine rings is 1. The molecule has 1 saturated heterocycles. The van der Waals surface area contributed by atoms with Crippen molar-refractivity contribution in [2.24, 2.45) is 11.8 Å². The lowest BCUT2D eigenvalue weighted by Gasteiger charge is -2.30. The van der Waals surface area contributed by atoms with Crippen molar-refractivity contribution in [3.8, 4) is 0 Å². The second-order valence-corrected chi connectivity index (χ2v) is 5.26. The third kappa shape index (κ3) is 4.64. The first-order valence-corrected chi connectivity index (χ1v) is 6.54. The molecule has 4 nitrogen and oxygen atoms in total. The maximum absolute atomic E-state index is 11.4. The number of carbonyl (C=O) groups is 1. The van der Waals surface area contributed by atoms with E-state index in [0.29, 0.717) is 0 Å². The standard InChI is InChI=1S/C13H26N2O2/c1-10(13(16)17-4)11(2)14-9-12-5-7-15(3)8-6-12/h10-12,14H,5-9H2,1-4H3. The molecule has 0 amide bonds. The largest absolute Gasteiger partial charge is 0.469 e. The van der Waals surface area contributed by atoms with Crippen LogP contribution >= 0.6 is 0 Å². The Kier molecular flexibility index (Phi) is 5.92. The van der Waals surface area contributed by atoms with E-state index in [1.807, 2.05) is 6.92 Å². The summed E-state index contributed by atoms with van der Waals surface area (Å²) < 4.78 is 4.75. The van der Waals surface area contributed by atoms with Crippen molar-refractivity contribution in [3.63, 3.8) is 0 Å². The SMILES string of the molecule is COC(=O)C(C)C(C)NCC1CCN(C)CC1. The molecule has 1 rings (SSSR count). The first-order valence-electron chi connectivity index (χ1n) is 6.54. The number of hydrogen-bond acceptors (Lipinski definition) is 4. The molecule has 0 aromatic carbocycles. The topological polar surface area (TPSA) is 41.6 Å². The van der Waals surface area contributed by atoms with Crippen LogP contribution in [0, 0.1) is 11.8 Å². The Morgan fingerprint density at radius 2 is 2.00 bits per heavy atom. The maximum Gasteiger partial charge on any atom is 0.309 e. The van der Waals surface area contributed by atoms with Gasteiger partial charge in [-0.2, -0.15) is 0 Å². The molecule has 2 unspecified atom stereocenters. The van der Waals surface area contributed by atoms with Crippen LogP contribution in [0.25, 0.3) is 0 Å². The zero-order valence-corrected chi connectivity index (χ0v) is 11.5. The van der Waals surface area contributed by atoms with E-state index in [1.165, 1.54) is 33.0 Å². The summed E-state index contributed by atoms with van der Waals surface area (Å²) in [6.07, 6.45) is 2.51. The summed E-state index contributed by atoms with van der Waals surface area (Å²) in [7, 11) is 3.62. The molecule has 1 fully saturated rings. The molecule has 0 radical (unpaired) electrons. The maximum atomic E-state index is 11.4. The summed E-state index contributed by atoms with van der Waals surface area (Å²) in [5.74, 6) is 0.540. The Labute approximate surface area is 105 Å². The summed E-state index contributed by atoms with van der Waals surface area (Å²) in [4.78, 5) is 13.8. The fourth-order valence-electron chi connectivity index (χ4n) is 2.19. The molecular weight excluding hydrogens is 216 g/mol. The van der Waals surface area contributed by atoms with Crippen molar-refractivity contribution in [3.05, 3.63) is 0 Å². The van der Waals surface area contributed by atoms with E-state index in [9.17, 15) is 4.79 Å². The van der Waals surface area contributed by atoms with Gasteiger partial charge in [0.1, 0.15) is 0 Å². The molecule has 0 spiro atoms. The molecule has 0 aromatic heterocycles. The van der Waals surface area contributed by atoms with Gasteiger partial charge in [0.25, 0.3) is 0 Å². The molecule has 0 bridgehead atoms. The van der Waals surface area contributed by atoms with Crippen molar-refractivity contribution < 1.29 is 9.53 Å². The summed E-state index contributed by atoms with van der Waals surface area (Å²) in [6, 6.07) is 0.183. The average molecular weight is 242 g/mol. The van der Waals surface area contributed by atoms with E-state index in [1.54, 1.807) is 0 Å². The van der Waals surface area contributed by atoms with Crippen LogP contribution < -0.4 is 5.32 Å². The smallest absolute Gasteiger partial charge is 0.309 e. The molecule has 1 N–H and O–H groups in total. The minimum absolute atomic E-state index is 0.0775. The van der Waals surface area contributed by atoms with Gasteiger partial charge in [0, 0.05) is 6.04 Å².